The van der Waals surface area contributed by atoms with E-state index in [1.165, 1.54) is 0 Å². The SMILES string of the molecule is C=CC[C@@H]1C[C@H]2C=C[C@@H]1CC2=O. The predicted molar refractivity (Wildman–Crippen MR) is 48.7 cm³/mol. The summed E-state index contributed by atoms with van der Waals surface area (Å²) in [6.07, 6.45) is 9.20. The van der Waals surface area contributed by atoms with Gasteiger partial charge in [-0.1, -0.05) is 18.2 Å². The van der Waals surface area contributed by atoms with Gasteiger partial charge in [-0.15, -0.1) is 6.58 Å². The molecule has 64 valence electrons. The molecule has 0 aliphatic heterocycles. The Balaban J connectivity index is 2.13. The van der Waals surface area contributed by atoms with E-state index in [2.05, 4.69) is 18.7 Å². The minimum Gasteiger partial charge on any atom is -0.299 e. The molecule has 0 N–H and O–H groups in total. The van der Waals surface area contributed by atoms with Gasteiger partial charge in [-0.25, -0.2) is 0 Å². The van der Waals surface area contributed by atoms with Crippen molar-refractivity contribution in [3.63, 3.8) is 0 Å². The molecule has 0 aromatic carbocycles. The molecule has 0 unspecified atom stereocenters. The maximum atomic E-state index is 11.3. The van der Waals surface area contributed by atoms with Crippen LogP contribution in [-0.2, 0) is 4.79 Å². The van der Waals surface area contributed by atoms with Gasteiger partial charge in [0.25, 0.3) is 0 Å². The Morgan fingerprint density at radius 3 is 2.92 bits per heavy atom. The molecule has 3 rings (SSSR count). The number of allylic oxidation sites excluding steroid dienone is 3. The van der Waals surface area contributed by atoms with Crippen LogP contribution in [0.1, 0.15) is 19.3 Å². The molecule has 3 aliphatic carbocycles. The van der Waals surface area contributed by atoms with Crippen molar-refractivity contribution in [1.29, 1.82) is 0 Å². The van der Waals surface area contributed by atoms with Gasteiger partial charge in [-0.3, -0.25) is 4.79 Å². The van der Waals surface area contributed by atoms with E-state index >= 15 is 0 Å². The van der Waals surface area contributed by atoms with Gasteiger partial charge >= 0.3 is 0 Å². The van der Waals surface area contributed by atoms with E-state index < -0.39 is 0 Å². The number of rotatable bonds is 2. The third-order valence-electron chi connectivity index (χ3n) is 3.07. The molecule has 12 heavy (non-hydrogen) atoms. The highest BCUT2D eigenvalue weighted by molar-refractivity contribution is 5.85. The molecule has 1 heteroatoms. The largest absolute Gasteiger partial charge is 0.299 e. The van der Waals surface area contributed by atoms with Gasteiger partial charge in [-0.05, 0) is 24.7 Å². The highest BCUT2D eigenvalue weighted by Gasteiger charge is 2.36. The second kappa shape index (κ2) is 2.89. The van der Waals surface area contributed by atoms with E-state index in [0.717, 1.165) is 19.3 Å². The van der Waals surface area contributed by atoms with Gasteiger partial charge in [-0.2, -0.15) is 0 Å². The van der Waals surface area contributed by atoms with Crippen LogP contribution < -0.4 is 0 Å². The van der Waals surface area contributed by atoms with Crippen molar-refractivity contribution in [1.82, 2.24) is 0 Å². The zero-order chi connectivity index (χ0) is 8.55. The Labute approximate surface area is 73.2 Å². The van der Waals surface area contributed by atoms with Crippen molar-refractivity contribution in [2.24, 2.45) is 17.8 Å². The van der Waals surface area contributed by atoms with Gasteiger partial charge in [0.1, 0.15) is 5.78 Å². The van der Waals surface area contributed by atoms with Crippen molar-refractivity contribution in [2.75, 3.05) is 0 Å². The number of fused-ring (bicyclic) bond motifs is 2. The normalized spacial score (nSPS) is 38.7. The second-order valence-electron chi connectivity index (χ2n) is 3.85. The van der Waals surface area contributed by atoms with Gasteiger partial charge in [0.2, 0.25) is 0 Å². The summed E-state index contributed by atoms with van der Waals surface area (Å²) in [5.41, 5.74) is 0. The predicted octanol–water partition coefficient (Wildman–Crippen LogP) is 2.34. The van der Waals surface area contributed by atoms with Crippen LogP contribution in [0.15, 0.2) is 24.8 Å². The lowest BCUT2D eigenvalue weighted by atomic mass is 9.67. The lowest BCUT2D eigenvalue weighted by Crippen LogP contribution is -2.33. The molecule has 0 aromatic rings. The zero-order valence-corrected chi connectivity index (χ0v) is 7.20. The van der Waals surface area contributed by atoms with E-state index in [0.29, 0.717) is 17.6 Å². The van der Waals surface area contributed by atoms with Gasteiger partial charge in [0, 0.05) is 12.3 Å². The summed E-state index contributed by atoms with van der Waals surface area (Å²) in [6, 6.07) is 0. The summed E-state index contributed by atoms with van der Waals surface area (Å²) >= 11 is 0. The lowest BCUT2D eigenvalue weighted by molar-refractivity contribution is -0.125. The van der Waals surface area contributed by atoms with Gasteiger partial charge < -0.3 is 0 Å². The summed E-state index contributed by atoms with van der Waals surface area (Å²) in [7, 11) is 0. The number of hydrogen-bond acceptors (Lipinski definition) is 1. The highest BCUT2D eigenvalue weighted by atomic mass is 16.1. The van der Waals surface area contributed by atoms with Crippen molar-refractivity contribution >= 4 is 5.78 Å². The quantitative estimate of drug-likeness (QED) is 0.569. The molecule has 0 radical (unpaired) electrons. The van der Waals surface area contributed by atoms with Crippen LogP contribution >= 0.6 is 0 Å². The lowest BCUT2D eigenvalue weighted by Gasteiger charge is -2.36. The minimum absolute atomic E-state index is 0.236. The standard InChI is InChI=1S/C11H14O/c1-2-3-8-6-10-5-4-9(8)7-11(10)12/h2,4-5,8-10H,1,3,6-7H2/t8-,9-,10-/m1/s1. The average Bonchev–Trinajstić information content (AvgIpc) is 2.07. The van der Waals surface area contributed by atoms with Crippen LogP contribution in [0.2, 0.25) is 0 Å². The first-order valence-electron chi connectivity index (χ1n) is 4.63. The first-order chi connectivity index (χ1) is 5.81. The van der Waals surface area contributed by atoms with E-state index in [4.69, 9.17) is 0 Å². The molecule has 0 amide bonds. The van der Waals surface area contributed by atoms with Crippen LogP contribution in [-0.4, -0.2) is 5.78 Å². The van der Waals surface area contributed by atoms with Crippen LogP contribution in [0.25, 0.3) is 0 Å². The molecule has 1 nitrogen and oxygen atoms in total. The average molecular weight is 162 g/mol. The summed E-state index contributed by atoms with van der Waals surface area (Å²) < 4.78 is 0. The monoisotopic (exact) mass is 162 g/mol. The summed E-state index contributed by atoms with van der Waals surface area (Å²) in [5, 5.41) is 0. The fourth-order valence-electron chi connectivity index (χ4n) is 2.36. The van der Waals surface area contributed by atoms with Crippen LogP contribution in [0.3, 0.4) is 0 Å². The first-order valence-corrected chi connectivity index (χ1v) is 4.63. The Bertz CT molecular complexity index is 239. The molecule has 0 aromatic heterocycles. The molecule has 0 spiro atoms. The molecule has 1 saturated carbocycles. The van der Waals surface area contributed by atoms with Crippen LogP contribution in [0.5, 0.6) is 0 Å². The van der Waals surface area contributed by atoms with Crippen LogP contribution in [0.4, 0.5) is 0 Å². The van der Waals surface area contributed by atoms with Crippen LogP contribution in [0, 0.1) is 17.8 Å². The molecule has 2 bridgehead atoms. The van der Waals surface area contributed by atoms with E-state index in [1.807, 2.05) is 6.08 Å². The fraction of sp³-hybridized carbons (Fsp3) is 0.545. The molecule has 0 heterocycles. The first kappa shape index (κ1) is 7.78. The third-order valence-corrected chi connectivity index (χ3v) is 3.07. The molecule has 0 saturated heterocycles. The van der Waals surface area contributed by atoms with E-state index in [-0.39, 0.29) is 5.92 Å². The van der Waals surface area contributed by atoms with Crippen molar-refractivity contribution < 1.29 is 4.79 Å². The Hall–Kier alpha value is -0.850. The number of Topliss-reactive ketones (excluding diaryl/α,β-unsaturated/α-hetero) is 1. The zero-order valence-electron chi connectivity index (χ0n) is 7.20. The van der Waals surface area contributed by atoms with E-state index in [9.17, 15) is 4.79 Å². The van der Waals surface area contributed by atoms with Gasteiger partial charge in [0.15, 0.2) is 0 Å². The molecular weight excluding hydrogens is 148 g/mol. The summed E-state index contributed by atoms with van der Waals surface area (Å²) in [6.45, 7) is 3.75. The molecule has 3 atom stereocenters. The molecule has 3 aliphatic rings. The summed E-state index contributed by atoms with van der Waals surface area (Å²) in [4.78, 5) is 11.3. The van der Waals surface area contributed by atoms with Gasteiger partial charge in [0.05, 0.1) is 0 Å². The highest BCUT2D eigenvalue weighted by Crippen LogP contribution is 2.39. The van der Waals surface area contributed by atoms with Crippen molar-refractivity contribution in [3.8, 4) is 0 Å². The molecule has 1 fully saturated rings. The minimum atomic E-state index is 0.236. The molecular formula is C11H14O. The maximum Gasteiger partial charge on any atom is 0.140 e. The number of carbonyl (C=O) groups is 1. The maximum absolute atomic E-state index is 11.3. The number of ketones is 1. The third kappa shape index (κ3) is 1.13. The van der Waals surface area contributed by atoms with Crippen molar-refractivity contribution in [3.05, 3.63) is 24.8 Å². The Kier molecular flexibility index (Phi) is 1.87. The number of carbonyl (C=O) groups excluding carboxylic acids is 1. The number of hydrogen-bond donors (Lipinski definition) is 0. The second-order valence-corrected chi connectivity index (χ2v) is 3.85. The fourth-order valence-corrected chi connectivity index (χ4v) is 2.36. The van der Waals surface area contributed by atoms with E-state index in [1.54, 1.807) is 0 Å². The Morgan fingerprint density at radius 2 is 2.42 bits per heavy atom. The summed E-state index contributed by atoms with van der Waals surface area (Å²) in [5.74, 6) is 1.89. The smallest absolute Gasteiger partial charge is 0.140 e. The topological polar surface area (TPSA) is 17.1 Å². The Morgan fingerprint density at radius 1 is 1.58 bits per heavy atom. The van der Waals surface area contributed by atoms with Crippen molar-refractivity contribution in [2.45, 2.75) is 19.3 Å².